The van der Waals surface area contributed by atoms with Gasteiger partial charge in [0.15, 0.2) is 0 Å². The summed E-state index contributed by atoms with van der Waals surface area (Å²) >= 11 is 3.46. The van der Waals surface area contributed by atoms with Crippen molar-refractivity contribution in [1.29, 1.82) is 0 Å². The van der Waals surface area contributed by atoms with Crippen LogP contribution in [0.15, 0.2) is 4.47 Å². The molecule has 0 aliphatic rings. The Morgan fingerprint density at radius 1 is 1.37 bits per heavy atom. The molecule has 1 rings (SSSR count). The van der Waals surface area contributed by atoms with Crippen molar-refractivity contribution in [3.63, 3.8) is 0 Å². The summed E-state index contributed by atoms with van der Waals surface area (Å²) < 4.78 is 39.1. The summed E-state index contributed by atoms with van der Waals surface area (Å²) in [6.07, 6.45) is -3.87. The number of hydrogen-bond acceptors (Lipinski definition) is 2. The molecule has 0 aliphatic carbocycles. The molecule has 0 saturated carbocycles. The minimum atomic E-state index is -4.14. The van der Waals surface area contributed by atoms with Gasteiger partial charge in [-0.3, -0.25) is 4.68 Å². The van der Waals surface area contributed by atoms with Crippen LogP contribution in [-0.2, 0) is 19.4 Å². The van der Waals surface area contributed by atoms with Crippen LogP contribution in [0.25, 0.3) is 0 Å². The van der Waals surface area contributed by atoms with E-state index in [1.165, 1.54) is 0 Å². The molecule has 3 nitrogen and oxygen atoms in total. The van der Waals surface area contributed by atoms with E-state index in [2.05, 4.69) is 21.0 Å². The maximum Gasteiger partial charge on any atom is 0.389 e. The van der Waals surface area contributed by atoms with Gasteiger partial charge in [0.05, 0.1) is 15.9 Å². The third-order valence-electron chi connectivity index (χ3n) is 2.95. The molecule has 1 heterocycles. The second-order valence-corrected chi connectivity index (χ2v) is 5.29. The average molecular weight is 342 g/mol. The molecule has 0 fully saturated rings. The minimum absolute atomic E-state index is 0.0632. The molecule has 110 valence electrons. The second kappa shape index (κ2) is 6.74. The number of hydrogen-bond donors (Lipinski definition) is 1. The molecule has 2 N–H and O–H groups in total. The molecule has 1 unspecified atom stereocenters. The van der Waals surface area contributed by atoms with E-state index in [4.69, 9.17) is 5.73 Å². The molecule has 0 aliphatic heterocycles. The van der Waals surface area contributed by atoms with Gasteiger partial charge in [0.25, 0.3) is 0 Å². The van der Waals surface area contributed by atoms with E-state index >= 15 is 0 Å². The SMILES string of the molecule is CCc1nn(CC)c(CC(N)CCC(F)(F)F)c1Br. The summed E-state index contributed by atoms with van der Waals surface area (Å²) in [4.78, 5) is 0. The van der Waals surface area contributed by atoms with E-state index in [1.807, 2.05) is 13.8 Å². The zero-order chi connectivity index (χ0) is 14.6. The summed E-state index contributed by atoms with van der Waals surface area (Å²) in [6.45, 7) is 4.62. The Morgan fingerprint density at radius 2 is 2.00 bits per heavy atom. The number of alkyl halides is 3. The molecule has 0 radical (unpaired) electrons. The number of nitrogens with zero attached hydrogens (tertiary/aromatic N) is 2. The number of aromatic nitrogens is 2. The monoisotopic (exact) mass is 341 g/mol. The Hall–Kier alpha value is -0.560. The highest BCUT2D eigenvalue weighted by molar-refractivity contribution is 9.10. The highest BCUT2D eigenvalue weighted by Gasteiger charge is 2.28. The molecule has 0 spiro atoms. The van der Waals surface area contributed by atoms with E-state index in [-0.39, 0.29) is 6.42 Å². The summed E-state index contributed by atoms with van der Waals surface area (Å²) in [5, 5.41) is 4.40. The van der Waals surface area contributed by atoms with Crippen LogP contribution >= 0.6 is 15.9 Å². The highest BCUT2D eigenvalue weighted by atomic mass is 79.9. The highest BCUT2D eigenvalue weighted by Crippen LogP contribution is 2.26. The van der Waals surface area contributed by atoms with Crippen molar-refractivity contribution in [2.45, 2.75) is 58.3 Å². The quantitative estimate of drug-likeness (QED) is 0.861. The Bertz CT molecular complexity index is 415. The average Bonchev–Trinajstić information content (AvgIpc) is 2.63. The third kappa shape index (κ3) is 4.80. The van der Waals surface area contributed by atoms with E-state index < -0.39 is 18.6 Å². The fourth-order valence-corrected chi connectivity index (χ4v) is 2.64. The van der Waals surface area contributed by atoms with E-state index in [1.54, 1.807) is 4.68 Å². The fourth-order valence-electron chi connectivity index (χ4n) is 1.91. The lowest BCUT2D eigenvalue weighted by Crippen LogP contribution is -2.26. The molecule has 0 aromatic carbocycles. The first-order valence-electron chi connectivity index (χ1n) is 6.34. The van der Waals surface area contributed by atoms with Crippen molar-refractivity contribution in [3.8, 4) is 0 Å². The van der Waals surface area contributed by atoms with E-state index in [9.17, 15) is 13.2 Å². The van der Waals surface area contributed by atoms with Crippen LogP contribution in [0, 0.1) is 0 Å². The first-order chi connectivity index (χ1) is 8.78. The van der Waals surface area contributed by atoms with Crippen molar-refractivity contribution in [2.75, 3.05) is 0 Å². The molecule has 0 amide bonds. The second-order valence-electron chi connectivity index (χ2n) is 4.49. The molecular weight excluding hydrogens is 323 g/mol. The van der Waals surface area contributed by atoms with Gasteiger partial charge < -0.3 is 5.73 Å². The van der Waals surface area contributed by atoms with Crippen LogP contribution in [-0.4, -0.2) is 22.0 Å². The molecule has 0 bridgehead atoms. The van der Waals surface area contributed by atoms with Crippen LogP contribution in [0.3, 0.4) is 0 Å². The van der Waals surface area contributed by atoms with Gasteiger partial charge in [0, 0.05) is 25.4 Å². The predicted molar refractivity (Wildman–Crippen MR) is 71.9 cm³/mol. The van der Waals surface area contributed by atoms with Crippen molar-refractivity contribution in [1.82, 2.24) is 9.78 Å². The Labute approximate surface area is 119 Å². The largest absolute Gasteiger partial charge is 0.389 e. The fraction of sp³-hybridized carbons (Fsp3) is 0.750. The summed E-state index contributed by atoms with van der Waals surface area (Å²) in [5.41, 5.74) is 7.59. The molecule has 1 aromatic rings. The van der Waals surface area contributed by atoms with Crippen LogP contribution in [0.4, 0.5) is 13.2 Å². The van der Waals surface area contributed by atoms with Gasteiger partial charge in [-0.1, -0.05) is 6.92 Å². The molecule has 19 heavy (non-hydrogen) atoms. The van der Waals surface area contributed by atoms with Crippen molar-refractivity contribution in [3.05, 3.63) is 15.9 Å². The van der Waals surface area contributed by atoms with Crippen LogP contribution in [0.2, 0.25) is 0 Å². The van der Waals surface area contributed by atoms with Gasteiger partial charge in [0.1, 0.15) is 0 Å². The molecule has 0 saturated heterocycles. The Kier molecular flexibility index (Phi) is 5.85. The van der Waals surface area contributed by atoms with Crippen LogP contribution < -0.4 is 5.73 Å². The van der Waals surface area contributed by atoms with Gasteiger partial charge in [-0.25, -0.2) is 0 Å². The number of halogens is 4. The van der Waals surface area contributed by atoms with E-state index in [0.717, 1.165) is 22.3 Å². The molecular formula is C12H19BrF3N3. The zero-order valence-electron chi connectivity index (χ0n) is 11.1. The number of aryl methyl sites for hydroxylation is 2. The first kappa shape index (κ1) is 16.5. The van der Waals surface area contributed by atoms with Crippen molar-refractivity contribution >= 4 is 15.9 Å². The summed E-state index contributed by atoms with van der Waals surface area (Å²) in [7, 11) is 0. The lowest BCUT2D eigenvalue weighted by Gasteiger charge is -2.14. The lowest BCUT2D eigenvalue weighted by molar-refractivity contribution is -0.136. The van der Waals surface area contributed by atoms with Crippen molar-refractivity contribution < 1.29 is 13.2 Å². The molecule has 1 atom stereocenters. The number of rotatable bonds is 6. The van der Waals surface area contributed by atoms with Gasteiger partial charge in [-0.2, -0.15) is 18.3 Å². The summed E-state index contributed by atoms with van der Waals surface area (Å²) in [6, 6.07) is -0.510. The maximum absolute atomic E-state index is 12.2. The van der Waals surface area contributed by atoms with Gasteiger partial charge >= 0.3 is 6.18 Å². The summed E-state index contributed by atoms with van der Waals surface area (Å²) in [5.74, 6) is 0. The lowest BCUT2D eigenvalue weighted by atomic mass is 10.1. The number of nitrogens with two attached hydrogens (primary N) is 1. The van der Waals surface area contributed by atoms with Crippen molar-refractivity contribution in [2.24, 2.45) is 5.73 Å². The molecule has 1 aromatic heterocycles. The Balaban J connectivity index is 2.73. The van der Waals surface area contributed by atoms with Gasteiger partial charge in [-0.05, 0) is 35.7 Å². The zero-order valence-corrected chi connectivity index (χ0v) is 12.7. The standard InChI is InChI=1S/C12H19BrF3N3/c1-3-9-11(13)10(19(4-2)18-9)7-8(17)5-6-12(14,15)16/h8H,3-7,17H2,1-2H3. The molecule has 7 heteroatoms. The van der Waals surface area contributed by atoms with Crippen LogP contribution in [0.1, 0.15) is 38.1 Å². The first-order valence-corrected chi connectivity index (χ1v) is 7.14. The maximum atomic E-state index is 12.2. The van der Waals surface area contributed by atoms with Gasteiger partial charge in [-0.15, -0.1) is 0 Å². The predicted octanol–water partition coefficient (Wildman–Crippen LogP) is 3.44. The smallest absolute Gasteiger partial charge is 0.327 e. The van der Waals surface area contributed by atoms with E-state index in [0.29, 0.717) is 13.0 Å². The normalized spacial score (nSPS) is 13.8. The van der Waals surface area contributed by atoms with Crippen LogP contribution in [0.5, 0.6) is 0 Å². The minimum Gasteiger partial charge on any atom is -0.327 e. The Morgan fingerprint density at radius 3 is 2.47 bits per heavy atom. The topological polar surface area (TPSA) is 43.8 Å². The van der Waals surface area contributed by atoms with Gasteiger partial charge in [0.2, 0.25) is 0 Å². The third-order valence-corrected chi connectivity index (χ3v) is 3.86.